The van der Waals surface area contributed by atoms with Crippen LogP contribution in [0.5, 0.6) is 0 Å². The van der Waals surface area contributed by atoms with Crippen LogP contribution in [0, 0.1) is 0 Å². The Morgan fingerprint density at radius 1 is 0.697 bits per heavy atom. The van der Waals surface area contributed by atoms with Gasteiger partial charge in [0, 0.05) is 47.9 Å². The maximum Gasteiger partial charge on any atom is 0.254 e. The van der Waals surface area contributed by atoms with Crippen molar-refractivity contribution in [3.8, 4) is 0 Å². The Morgan fingerprint density at radius 3 is 1.92 bits per heavy atom. The molecule has 412 valence electrons. The van der Waals surface area contributed by atoms with Crippen LogP contribution in [-0.2, 0) is 57.6 Å². The van der Waals surface area contributed by atoms with Gasteiger partial charge < -0.3 is 68.6 Å². The minimum absolute atomic E-state index is 0.0000516. The van der Waals surface area contributed by atoms with Gasteiger partial charge in [-0.1, -0.05) is 100 Å². The van der Waals surface area contributed by atoms with Crippen LogP contribution in [0.2, 0.25) is 0 Å². The summed E-state index contributed by atoms with van der Waals surface area (Å²) in [5.41, 5.74) is 8.33. The van der Waals surface area contributed by atoms with E-state index in [2.05, 4.69) is 47.5 Å². The number of unbranched alkanes of at least 4 members (excludes halogenated alkanes) is 1. The van der Waals surface area contributed by atoms with E-state index in [1.165, 1.54) is 13.8 Å². The first-order chi connectivity index (χ1) is 36.4. The van der Waals surface area contributed by atoms with Gasteiger partial charge >= 0.3 is 0 Å². The van der Waals surface area contributed by atoms with E-state index < -0.39 is 121 Å². The highest BCUT2D eigenvalue weighted by atomic mass is 33.1. The number of aliphatic hydroxyl groups excluding tert-OH is 3. The van der Waals surface area contributed by atoms with E-state index >= 15 is 0 Å². The van der Waals surface area contributed by atoms with Crippen molar-refractivity contribution in [3.63, 3.8) is 0 Å². The van der Waals surface area contributed by atoms with Crippen LogP contribution >= 0.6 is 21.6 Å². The van der Waals surface area contributed by atoms with E-state index in [9.17, 15) is 58.1 Å². The number of carbonyl (C=O) groups excluding carboxylic acids is 8. The number of benzene rings is 3. The number of para-hydroxylation sites is 1. The zero-order chi connectivity index (χ0) is 55.3. The summed E-state index contributed by atoms with van der Waals surface area (Å²) < 4.78 is 14.3. The van der Waals surface area contributed by atoms with Gasteiger partial charge in [-0.2, -0.15) is 0 Å². The molecule has 3 aromatic carbocycles. The number of aromatic amines is 1. The molecule has 14 N–H and O–H groups in total. The van der Waals surface area contributed by atoms with Crippen LogP contribution in [-0.4, -0.2) is 159 Å². The molecular weight excluding hydrogens is 1020 g/mol. The molecule has 1 fully saturated rings. The Morgan fingerprint density at radius 2 is 1.29 bits per heavy atom. The first-order valence-electron chi connectivity index (χ1n) is 25.0. The van der Waals surface area contributed by atoms with Crippen LogP contribution < -0.4 is 48.3 Å². The average molecular weight is 1090 g/mol. The number of nitrogens with one attached hydrogen (secondary N) is 9. The minimum Gasteiger partial charge on any atom is -0.394 e. The molecule has 1 aromatic heterocycles. The summed E-state index contributed by atoms with van der Waals surface area (Å²) in [6.07, 6.45) is -2.74. The van der Waals surface area contributed by atoms with Gasteiger partial charge in [-0.15, -0.1) is 0 Å². The van der Waals surface area contributed by atoms with Crippen LogP contribution in [0.25, 0.3) is 10.9 Å². The number of amides is 8. The van der Waals surface area contributed by atoms with Crippen molar-refractivity contribution in [1.82, 2.24) is 47.5 Å². The summed E-state index contributed by atoms with van der Waals surface area (Å²) in [5, 5.41) is 52.8. The molecule has 8 amide bonds. The lowest BCUT2D eigenvalue weighted by Crippen LogP contribution is -2.62. The molecule has 0 saturated carbocycles. The molecule has 4 aromatic rings. The number of alkyl halides is 1. The molecule has 1 saturated heterocycles. The van der Waals surface area contributed by atoms with Crippen molar-refractivity contribution in [2.75, 3.05) is 24.7 Å². The molecule has 3 unspecified atom stereocenters. The molecule has 11 atom stereocenters. The van der Waals surface area contributed by atoms with Crippen LogP contribution in [0.15, 0.2) is 91.1 Å². The number of hydrogen-bond donors (Lipinski definition) is 13. The minimum atomic E-state index is -2.00. The SMILES string of the molecule is CC(F)C(=O)N[C@H](Cc1ccccc1)C(=O)N[C@H]1CSSC[C@@H](C(=O)NC(CO)C(C)O)NC(=O)[C@H]([C@@H](C)O)NC(=O)[C@H](CCCCN)NC(=O)[C@@H](Cc2c[nH]c3ccccc23)NC(=O)[C@H](Cc2ccccc2)NC1=O. The second-order valence-electron chi connectivity index (χ2n) is 18.5. The van der Waals surface area contributed by atoms with Gasteiger partial charge in [0.1, 0.15) is 42.3 Å². The van der Waals surface area contributed by atoms with E-state index in [-0.39, 0.29) is 43.7 Å². The Bertz CT molecular complexity index is 2580. The molecule has 1 aliphatic rings. The number of rotatable bonds is 19. The highest BCUT2D eigenvalue weighted by Gasteiger charge is 2.37. The predicted octanol–water partition coefficient (Wildman–Crippen LogP) is -0.290. The van der Waals surface area contributed by atoms with Crippen molar-refractivity contribution < 1.29 is 58.1 Å². The van der Waals surface area contributed by atoms with E-state index in [1.807, 2.05) is 18.2 Å². The molecule has 21 nitrogen and oxygen atoms in total. The standard InChI is InChI=1S/C52H69FN10O11S2/c1-29(53)45(67)57-38(22-32-14-6-4-7-15-32)48(70)61-42-27-75-76-28-43(51(73)60-41(26-64)30(2)65)62-52(74)44(31(3)66)63-46(68)37(20-12-13-21-54)56-49(71)40(24-34-25-55-36-19-11-10-18-35(34)36)59-47(69)39(58-50(42)72)23-33-16-8-5-9-17-33/h4-11,14-19,25,29-31,37-44,55,64-66H,12-13,20-24,26-28,54H2,1-3H3,(H,56,71)(H,57,67)(H,58,72)(H,59,69)(H,60,73)(H,61,70)(H,62,74)(H,63,68)/t29?,30?,31-,37+,38-,39+,40-,41?,42+,43+,44+/m1/s1. The Labute approximate surface area is 447 Å². The lowest BCUT2D eigenvalue weighted by molar-refractivity contribution is -0.136. The molecule has 0 aliphatic carbocycles. The van der Waals surface area contributed by atoms with E-state index in [1.54, 1.807) is 72.9 Å². The van der Waals surface area contributed by atoms with Gasteiger partial charge in [0.15, 0.2) is 6.17 Å². The average Bonchev–Trinajstić information content (AvgIpc) is 3.81. The number of halogens is 1. The lowest BCUT2D eigenvalue weighted by Gasteiger charge is -2.29. The number of carbonyl (C=O) groups is 8. The van der Waals surface area contributed by atoms with Gasteiger partial charge in [0.2, 0.25) is 41.4 Å². The summed E-state index contributed by atoms with van der Waals surface area (Å²) in [5.74, 6) is -7.88. The molecule has 76 heavy (non-hydrogen) atoms. The van der Waals surface area contributed by atoms with Crippen molar-refractivity contribution in [3.05, 3.63) is 108 Å². The van der Waals surface area contributed by atoms with E-state index in [0.717, 1.165) is 39.4 Å². The van der Waals surface area contributed by atoms with Crippen molar-refractivity contribution in [2.24, 2.45) is 5.73 Å². The quantitative estimate of drug-likeness (QED) is 0.0424. The second-order valence-corrected chi connectivity index (χ2v) is 21.1. The number of fused-ring (bicyclic) bond motifs is 1. The highest BCUT2D eigenvalue weighted by molar-refractivity contribution is 8.76. The first kappa shape index (κ1) is 60.3. The number of aliphatic hydroxyl groups is 3. The Hall–Kier alpha value is -6.57. The summed E-state index contributed by atoms with van der Waals surface area (Å²) in [4.78, 5) is 117. The fourth-order valence-electron chi connectivity index (χ4n) is 8.11. The Balaban J connectivity index is 1.60. The lowest BCUT2D eigenvalue weighted by atomic mass is 10.0. The summed E-state index contributed by atoms with van der Waals surface area (Å²) in [6.45, 7) is 3.11. The molecule has 0 spiro atoms. The number of hydrogen-bond acceptors (Lipinski definition) is 14. The van der Waals surface area contributed by atoms with Gasteiger partial charge in [-0.3, -0.25) is 38.4 Å². The molecule has 24 heteroatoms. The van der Waals surface area contributed by atoms with Crippen LogP contribution in [0.4, 0.5) is 4.39 Å². The summed E-state index contributed by atoms with van der Waals surface area (Å²) >= 11 is 0. The van der Waals surface area contributed by atoms with Crippen LogP contribution in [0.1, 0.15) is 56.7 Å². The number of nitrogens with two attached hydrogens (primary N) is 1. The third kappa shape index (κ3) is 18.3. The molecule has 0 radical (unpaired) electrons. The largest absolute Gasteiger partial charge is 0.394 e. The second kappa shape index (κ2) is 30.2. The van der Waals surface area contributed by atoms with E-state index in [0.29, 0.717) is 29.5 Å². The smallest absolute Gasteiger partial charge is 0.254 e. The predicted molar refractivity (Wildman–Crippen MR) is 287 cm³/mol. The first-order valence-corrected chi connectivity index (χ1v) is 27.5. The third-order valence-corrected chi connectivity index (χ3v) is 14.9. The molecule has 2 heterocycles. The zero-order valence-electron chi connectivity index (χ0n) is 42.5. The fourth-order valence-corrected chi connectivity index (χ4v) is 10.4. The third-order valence-electron chi connectivity index (χ3n) is 12.5. The molecule has 5 rings (SSSR count). The summed E-state index contributed by atoms with van der Waals surface area (Å²) in [7, 11) is 1.90. The summed E-state index contributed by atoms with van der Waals surface area (Å²) in [6, 6.07) is 13.0. The molecule has 0 bridgehead atoms. The fraction of sp³-hybridized carbons (Fsp3) is 0.462. The normalized spacial score (nSPS) is 22.4. The highest BCUT2D eigenvalue weighted by Crippen LogP contribution is 2.24. The number of H-pyrrole nitrogens is 1. The van der Waals surface area contributed by atoms with Gasteiger partial charge in [-0.25, -0.2) is 4.39 Å². The zero-order valence-corrected chi connectivity index (χ0v) is 44.1. The molecule has 1 aliphatic heterocycles. The van der Waals surface area contributed by atoms with Gasteiger partial charge in [0.25, 0.3) is 5.91 Å². The van der Waals surface area contributed by atoms with Crippen LogP contribution in [0.3, 0.4) is 0 Å². The van der Waals surface area contributed by atoms with E-state index in [4.69, 9.17) is 5.73 Å². The molecular formula is C52H69FN10O11S2. The maximum atomic E-state index is 14.8. The maximum absolute atomic E-state index is 14.8. The van der Waals surface area contributed by atoms with Crippen molar-refractivity contribution in [1.29, 1.82) is 0 Å². The monoisotopic (exact) mass is 1090 g/mol. The topological polar surface area (TPSA) is 335 Å². The van der Waals surface area contributed by atoms with Gasteiger partial charge in [-0.05, 0) is 69.3 Å². The number of aromatic nitrogens is 1. The van der Waals surface area contributed by atoms with Gasteiger partial charge in [0.05, 0.1) is 24.9 Å². The van der Waals surface area contributed by atoms with Crippen molar-refractivity contribution in [2.45, 2.75) is 126 Å². The Kier molecular flexibility index (Phi) is 24.0. The van der Waals surface area contributed by atoms with Crippen molar-refractivity contribution >= 4 is 79.7 Å².